The van der Waals surface area contributed by atoms with Gasteiger partial charge in [-0.3, -0.25) is 9.69 Å². The monoisotopic (exact) mass is 517 g/mol. The summed E-state index contributed by atoms with van der Waals surface area (Å²) in [5.41, 5.74) is 6.61. The molecule has 34 heavy (non-hydrogen) atoms. The van der Waals surface area contributed by atoms with E-state index >= 15 is 0 Å². The molecule has 1 atom stereocenters. The van der Waals surface area contributed by atoms with Gasteiger partial charge in [-0.1, -0.05) is 29.3 Å². The van der Waals surface area contributed by atoms with Crippen LogP contribution in [0.1, 0.15) is 51.5 Å². The Morgan fingerprint density at radius 1 is 1.09 bits per heavy atom. The molecule has 11 heteroatoms. The summed E-state index contributed by atoms with van der Waals surface area (Å²) in [4.78, 5) is 17.5. The van der Waals surface area contributed by atoms with Crippen molar-refractivity contribution < 1.29 is 24.2 Å². The molecule has 0 bridgehead atoms. The highest BCUT2D eigenvalue weighted by Gasteiger charge is 2.35. The van der Waals surface area contributed by atoms with Crippen LogP contribution in [0.2, 0.25) is 10.0 Å². The van der Waals surface area contributed by atoms with Crippen LogP contribution in [-0.4, -0.2) is 84.1 Å². The lowest BCUT2D eigenvalue weighted by atomic mass is 9.88. The zero-order chi connectivity index (χ0) is 25.1. The van der Waals surface area contributed by atoms with Crippen molar-refractivity contribution in [3.8, 4) is 0 Å². The predicted molar refractivity (Wildman–Crippen MR) is 136 cm³/mol. The lowest BCUT2D eigenvalue weighted by molar-refractivity contribution is -0.154. The van der Waals surface area contributed by atoms with Crippen LogP contribution in [0.4, 0.5) is 0 Å². The second-order valence-corrected chi connectivity index (χ2v) is 10.0. The summed E-state index contributed by atoms with van der Waals surface area (Å²) < 4.78 is 10.2. The van der Waals surface area contributed by atoms with Crippen molar-refractivity contribution in [2.24, 2.45) is 5.73 Å². The van der Waals surface area contributed by atoms with E-state index in [1.54, 1.807) is 0 Å². The van der Waals surface area contributed by atoms with Gasteiger partial charge in [0.2, 0.25) is 0 Å². The molecule has 1 fully saturated rings. The molecule has 1 aromatic rings. The van der Waals surface area contributed by atoms with Crippen molar-refractivity contribution in [3.05, 3.63) is 33.8 Å². The topological polar surface area (TPSA) is 108 Å². The average Bonchev–Trinajstić information content (AvgIpc) is 2.76. The number of carbonyl (C=O) groups excluding carboxylic acids is 1. The summed E-state index contributed by atoms with van der Waals surface area (Å²) >= 11 is 12.1. The Bertz CT molecular complexity index is 766. The van der Waals surface area contributed by atoms with Crippen molar-refractivity contribution >= 4 is 36.5 Å². The molecule has 4 N–H and O–H groups in total. The maximum atomic E-state index is 12.7. The SMILES string of the molecule is CC(C)OC(=O)C(N)(CCCCOB(O)O)CCCN1CCN(Cc2ccc(Cl)c(Cl)c2)CC1. The molecule has 0 spiro atoms. The number of halogens is 2. The quantitative estimate of drug-likeness (QED) is 0.196. The maximum absolute atomic E-state index is 12.7. The third kappa shape index (κ3) is 10.4. The highest BCUT2D eigenvalue weighted by Crippen LogP contribution is 2.24. The first-order valence-electron chi connectivity index (χ1n) is 12.0. The number of rotatable bonds is 14. The number of ether oxygens (including phenoxy) is 1. The first-order chi connectivity index (χ1) is 16.1. The van der Waals surface area contributed by atoms with Crippen molar-refractivity contribution in [3.63, 3.8) is 0 Å². The van der Waals surface area contributed by atoms with Crippen molar-refractivity contribution in [1.82, 2.24) is 9.80 Å². The predicted octanol–water partition coefficient (Wildman–Crippen LogP) is 2.70. The highest BCUT2D eigenvalue weighted by molar-refractivity contribution is 6.42. The van der Waals surface area contributed by atoms with Gasteiger partial charge in [-0.2, -0.15) is 0 Å². The Hall–Kier alpha value is -0.905. The number of benzene rings is 1. The summed E-state index contributed by atoms with van der Waals surface area (Å²) in [5.74, 6) is -0.378. The molecule has 1 aliphatic heterocycles. The summed E-state index contributed by atoms with van der Waals surface area (Å²) in [5, 5.41) is 18.7. The van der Waals surface area contributed by atoms with E-state index in [4.69, 9.17) is 48.4 Å². The van der Waals surface area contributed by atoms with Crippen LogP contribution in [0.15, 0.2) is 18.2 Å². The van der Waals surface area contributed by atoms with Crippen LogP contribution < -0.4 is 5.73 Å². The number of carbonyl (C=O) groups is 1. The van der Waals surface area contributed by atoms with E-state index in [0.717, 1.165) is 51.3 Å². The van der Waals surface area contributed by atoms with E-state index in [0.29, 0.717) is 35.7 Å². The highest BCUT2D eigenvalue weighted by atomic mass is 35.5. The van der Waals surface area contributed by atoms with Crippen LogP contribution in [0, 0.1) is 0 Å². The Morgan fingerprint density at radius 3 is 2.35 bits per heavy atom. The Labute approximate surface area is 213 Å². The van der Waals surface area contributed by atoms with E-state index in [2.05, 4.69) is 9.80 Å². The van der Waals surface area contributed by atoms with Gasteiger partial charge < -0.3 is 30.1 Å². The minimum Gasteiger partial charge on any atom is -0.462 e. The molecule has 1 aliphatic rings. The van der Waals surface area contributed by atoms with Gasteiger partial charge in [-0.25, -0.2) is 0 Å². The minimum atomic E-state index is -1.78. The normalized spacial score (nSPS) is 17.1. The third-order valence-electron chi connectivity index (χ3n) is 5.99. The summed E-state index contributed by atoms with van der Waals surface area (Å²) in [6, 6.07) is 5.77. The zero-order valence-electron chi connectivity index (χ0n) is 20.2. The smallest absolute Gasteiger partial charge is 0.462 e. The number of hydrogen-bond acceptors (Lipinski definition) is 8. The molecule has 1 aromatic carbocycles. The molecule has 0 aromatic heterocycles. The lowest BCUT2D eigenvalue weighted by Gasteiger charge is -2.35. The van der Waals surface area contributed by atoms with Gasteiger partial charge in [0.25, 0.3) is 0 Å². The molecule has 0 saturated carbocycles. The van der Waals surface area contributed by atoms with Crippen molar-refractivity contribution in [2.45, 2.75) is 64.1 Å². The number of piperazine rings is 1. The third-order valence-corrected chi connectivity index (χ3v) is 6.72. The lowest BCUT2D eigenvalue weighted by Crippen LogP contribution is -2.51. The Balaban J connectivity index is 1.76. The second kappa shape index (κ2) is 14.6. The van der Waals surface area contributed by atoms with E-state index in [9.17, 15) is 4.79 Å². The maximum Gasteiger partial charge on any atom is 0.633 e. The Kier molecular flexibility index (Phi) is 12.6. The standard InChI is InChI=1S/C23H38BCl2N3O5/c1-18(2)34-22(30)23(27,8-3-4-15-33-24(31)32)9-5-10-28-11-13-29(14-12-28)17-19-6-7-20(25)21(26)16-19/h6-7,16,18,31-32H,3-5,8-15,17,27H2,1-2H3. The van der Waals surface area contributed by atoms with Gasteiger partial charge in [0.15, 0.2) is 0 Å². The van der Waals surface area contributed by atoms with Crippen LogP contribution >= 0.6 is 23.2 Å². The number of esters is 1. The van der Waals surface area contributed by atoms with Crippen LogP contribution in [0.3, 0.4) is 0 Å². The first-order valence-corrected chi connectivity index (χ1v) is 12.7. The van der Waals surface area contributed by atoms with Crippen LogP contribution in [-0.2, 0) is 20.7 Å². The Morgan fingerprint density at radius 2 is 1.74 bits per heavy atom. The second-order valence-electron chi connectivity index (χ2n) is 9.23. The van der Waals surface area contributed by atoms with Crippen molar-refractivity contribution in [1.29, 1.82) is 0 Å². The van der Waals surface area contributed by atoms with E-state index < -0.39 is 12.9 Å². The van der Waals surface area contributed by atoms with Gasteiger partial charge in [-0.15, -0.1) is 0 Å². The number of unbranched alkanes of at least 4 members (excludes halogenated alkanes) is 1. The van der Waals surface area contributed by atoms with Gasteiger partial charge in [-0.05, 0) is 70.2 Å². The van der Waals surface area contributed by atoms with Gasteiger partial charge in [0.05, 0.1) is 16.1 Å². The molecule has 0 radical (unpaired) electrons. The minimum absolute atomic E-state index is 0.194. The zero-order valence-corrected chi connectivity index (χ0v) is 21.7. The van der Waals surface area contributed by atoms with Crippen molar-refractivity contribution in [2.75, 3.05) is 39.3 Å². The molecule has 2 rings (SSSR count). The fraction of sp³-hybridized carbons (Fsp3) is 0.696. The first kappa shape index (κ1) is 29.3. The molecular formula is C23H38BCl2N3O5. The summed E-state index contributed by atoms with van der Waals surface area (Å²) in [7, 11) is -1.78. The van der Waals surface area contributed by atoms with E-state index in [1.165, 1.54) is 0 Å². The molecule has 1 heterocycles. The van der Waals surface area contributed by atoms with Gasteiger partial charge in [0.1, 0.15) is 5.54 Å². The van der Waals surface area contributed by atoms with Gasteiger partial charge >= 0.3 is 13.3 Å². The van der Waals surface area contributed by atoms with Crippen LogP contribution in [0.25, 0.3) is 0 Å². The molecule has 0 amide bonds. The number of nitrogens with two attached hydrogens (primary N) is 1. The number of nitrogens with zero attached hydrogens (tertiary/aromatic N) is 2. The largest absolute Gasteiger partial charge is 0.633 e. The molecule has 0 aliphatic carbocycles. The molecule has 8 nitrogen and oxygen atoms in total. The molecular weight excluding hydrogens is 480 g/mol. The fourth-order valence-corrected chi connectivity index (χ4v) is 4.40. The fourth-order valence-electron chi connectivity index (χ4n) is 4.08. The number of hydrogen-bond donors (Lipinski definition) is 3. The summed E-state index contributed by atoms with van der Waals surface area (Å²) in [6.07, 6.45) is 2.76. The van der Waals surface area contributed by atoms with E-state index in [-0.39, 0.29) is 18.7 Å². The molecule has 192 valence electrons. The van der Waals surface area contributed by atoms with E-state index in [1.807, 2.05) is 32.0 Å². The molecule has 1 unspecified atom stereocenters. The molecule has 1 saturated heterocycles. The van der Waals surface area contributed by atoms with Crippen LogP contribution in [0.5, 0.6) is 0 Å². The average molecular weight is 518 g/mol. The summed E-state index contributed by atoms with van der Waals surface area (Å²) in [6.45, 7) is 9.35. The van der Waals surface area contributed by atoms with Gasteiger partial charge in [0, 0.05) is 39.3 Å².